The van der Waals surface area contributed by atoms with Crippen molar-refractivity contribution in [3.63, 3.8) is 0 Å². The van der Waals surface area contributed by atoms with Gasteiger partial charge in [0.15, 0.2) is 0 Å². The van der Waals surface area contributed by atoms with E-state index in [1.54, 1.807) is 30.3 Å². The molecule has 0 saturated carbocycles. The van der Waals surface area contributed by atoms with Crippen molar-refractivity contribution in [1.82, 2.24) is 26.2 Å². The second-order valence-electron chi connectivity index (χ2n) is 12.8. The molecule has 0 aromatic heterocycles. The van der Waals surface area contributed by atoms with Gasteiger partial charge < -0.3 is 40.6 Å². The summed E-state index contributed by atoms with van der Waals surface area (Å²) < 4.78 is 14.9. The Kier molecular flexibility index (Phi) is 14.8. The Morgan fingerprint density at radius 1 is 0.741 bits per heavy atom. The Balaban J connectivity index is 1.04. The summed E-state index contributed by atoms with van der Waals surface area (Å²) in [7, 11) is 0. The molecule has 4 aromatic rings. The topological polar surface area (TPSA) is 245 Å². The molecular weight excluding hydrogens is 756 g/mol. The number of hydrogen-bond acceptors (Lipinski definition) is 11. The summed E-state index contributed by atoms with van der Waals surface area (Å²) in [5.74, 6) is -3.00. The average molecular weight is 797 g/mol. The predicted octanol–water partition coefficient (Wildman–Crippen LogP) is 2.95. The van der Waals surface area contributed by atoms with Crippen LogP contribution in [0.4, 0.5) is 15.3 Å². The number of amides is 5. The van der Waals surface area contributed by atoms with Crippen molar-refractivity contribution in [2.24, 2.45) is 0 Å². The highest BCUT2D eigenvalue weighted by molar-refractivity contribution is 5.92. The Labute approximate surface area is 331 Å². The molecule has 0 fully saturated rings. The number of benzene rings is 4. The van der Waals surface area contributed by atoms with E-state index in [1.165, 1.54) is 12.1 Å². The van der Waals surface area contributed by atoms with Crippen molar-refractivity contribution in [1.29, 1.82) is 0 Å². The molecule has 0 spiro atoms. The highest BCUT2D eigenvalue weighted by atomic mass is 16.7. The van der Waals surface area contributed by atoms with Gasteiger partial charge in [0.25, 0.3) is 5.69 Å². The number of rotatable bonds is 19. The fraction of sp³-hybridized carbons (Fsp3) is 0.250. The van der Waals surface area contributed by atoms with Gasteiger partial charge in [-0.15, -0.1) is 0 Å². The van der Waals surface area contributed by atoms with Crippen LogP contribution >= 0.6 is 0 Å². The fourth-order valence-corrected chi connectivity index (χ4v) is 6.10. The summed E-state index contributed by atoms with van der Waals surface area (Å²) in [5.41, 5.74) is 4.44. The third-order valence-electron chi connectivity index (χ3n) is 8.84. The lowest BCUT2D eigenvalue weighted by Gasteiger charge is -2.24. The molecule has 1 aliphatic rings. The number of nitrogens with zero attached hydrogens (tertiary/aromatic N) is 2. The van der Waals surface area contributed by atoms with Gasteiger partial charge in [-0.25, -0.2) is 9.59 Å². The first kappa shape index (κ1) is 41.8. The van der Waals surface area contributed by atoms with E-state index in [0.717, 1.165) is 39.3 Å². The minimum absolute atomic E-state index is 0.0145. The first-order valence-electron chi connectivity index (χ1n) is 18.0. The van der Waals surface area contributed by atoms with E-state index in [4.69, 9.17) is 14.2 Å². The normalized spacial score (nSPS) is 11.9. The maximum Gasteiger partial charge on any atom is 0.513 e. The number of carboxylic acid groups (broad SMARTS) is 1. The van der Waals surface area contributed by atoms with E-state index in [2.05, 4.69) is 21.3 Å². The van der Waals surface area contributed by atoms with Crippen LogP contribution in [0.5, 0.6) is 5.75 Å². The van der Waals surface area contributed by atoms with Crippen molar-refractivity contribution in [2.75, 3.05) is 46.1 Å². The van der Waals surface area contributed by atoms with Crippen LogP contribution in [-0.4, -0.2) is 103 Å². The molecule has 18 heteroatoms. The Hall–Kier alpha value is -7.34. The van der Waals surface area contributed by atoms with Gasteiger partial charge in [-0.2, -0.15) is 0 Å². The van der Waals surface area contributed by atoms with Crippen molar-refractivity contribution >= 4 is 41.6 Å². The van der Waals surface area contributed by atoms with Crippen LogP contribution in [0.2, 0.25) is 0 Å². The van der Waals surface area contributed by atoms with Crippen molar-refractivity contribution in [2.45, 2.75) is 18.4 Å². The van der Waals surface area contributed by atoms with Crippen LogP contribution < -0.4 is 26.0 Å². The molecule has 302 valence electrons. The van der Waals surface area contributed by atoms with E-state index >= 15 is 0 Å². The second kappa shape index (κ2) is 20.5. The molecule has 0 radical (unpaired) electrons. The molecular formula is C40H40N6O12. The van der Waals surface area contributed by atoms with Crippen molar-refractivity contribution < 1.29 is 53.0 Å². The van der Waals surface area contributed by atoms with Gasteiger partial charge in [-0.1, -0.05) is 78.9 Å². The molecule has 18 nitrogen and oxygen atoms in total. The van der Waals surface area contributed by atoms with Crippen LogP contribution in [0.3, 0.4) is 0 Å². The van der Waals surface area contributed by atoms with Gasteiger partial charge in [0.1, 0.15) is 31.7 Å². The standard InChI is InChI=1S/C40H40N6O12/c47-35(43-25-56-18-19-57-40(53)58-28-16-14-27(15-17-28)46(54)55)21-42-38(50)34(20-26-8-2-1-3-9-26)44-36(48)22-41-37(49)24-45(39(51)52)23-33-31-12-6-4-10-29(31)30-11-5-7-13-32(30)33/h1-17,33-34H,18-25H2,(H,41,49)(H,42,50)(H,43,47)(H,44,48)(H,51,52)/t34-/m0/s1. The summed E-state index contributed by atoms with van der Waals surface area (Å²) in [4.78, 5) is 86.5. The monoisotopic (exact) mass is 796 g/mol. The van der Waals surface area contributed by atoms with Crippen LogP contribution in [0, 0.1) is 10.1 Å². The number of nitro benzene ring substituents is 1. The maximum atomic E-state index is 13.2. The van der Waals surface area contributed by atoms with Crippen LogP contribution in [0.15, 0.2) is 103 Å². The van der Waals surface area contributed by atoms with Gasteiger partial charge in [-0.05, 0) is 39.9 Å². The summed E-state index contributed by atoms with van der Waals surface area (Å²) >= 11 is 0. The zero-order valence-electron chi connectivity index (χ0n) is 31.0. The Morgan fingerprint density at radius 2 is 1.36 bits per heavy atom. The van der Waals surface area contributed by atoms with Crippen molar-refractivity contribution in [3.8, 4) is 16.9 Å². The second-order valence-corrected chi connectivity index (χ2v) is 12.8. The maximum absolute atomic E-state index is 13.2. The number of nitrogens with one attached hydrogen (secondary N) is 4. The Bertz CT molecular complexity index is 2070. The van der Waals surface area contributed by atoms with Gasteiger partial charge in [-0.3, -0.25) is 34.2 Å². The van der Waals surface area contributed by atoms with Gasteiger partial charge in [0.2, 0.25) is 23.6 Å². The highest BCUT2D eigenvalue weighted by Crippen LogP contribution is 2.44. The first-order valence-corrected chi connectivity index (χ1v) is 18.0. The summed E-state index contributed by atoms with van der Waals surface area (Å²) in [5, 5.41) is 30.6. The first-order chi connectivity index (χ1) is 28.0. The van der Waals surface area contributed by atoms with E-state index in [-0.39, 0.29) is 50.3 Å². The summed E-state index contributed by atoms with van der Waals surface area (Å²) in [6.45, 7) is -2.18. The van der Waals surface area contributed by atoms with E-state index in [9.17, 15) is 44.0 Å². The lowest BCUT2D eigenvalue weighted by atomic mass is 9.96. The SMILES string of the molecule is O=C(CNC(=O)[C@H](Cc1ccccc1)NC(=O)CNC(=O)CN(CC1c2ccccc2-c2ccccc21)C(=O)O)NCOCCOC(=O)Oc1ccc([N+](=O)[O-])cc1. The van der Waals surface area contributed by atoms with E-state index < -0.39 is 66.5 Å². The summed E-state index contributed by atoms with van der Waals surface area (Å²) in [6.07, 6.45) is -2.31. The number of nitro groups is 1. The molecule has 0 bridgehead atoms. The van der Waals surface area contributed by atoms with Gasteiger partial charge in [0, 0.05) is 31.0 Å². The molecule has 0 aliphatic heterocycles. The zero-order chi connectivity index (χ0) is 41.4. The number of ether oxygens (including phenoxy) is 3. The number of carbonyl (C=O) groups is 6. The zero-order valence-corrected chi connectivity index (χ0v) is 31.0. The third kappa shape index (κ3) is 12.1. The number of carbonyl (C=O) groups excluding carboxylic acids is 5. The molecule has 1 aliphatic carbocycles. The molecule has 1 atom stereocenters. The third-order valence-corrected chi connectivity index (χ3v) is 8.84. The van der Waals surface area contributed by atoms with E-state index in [1.807, 2.05) is 48.5 Å². The van der Waals surface area contributed by atoms with Crippen LogP contribution in [0.25, 0.3) is 11.1 Å². The number of non-ortho nitro benzene ring substituents is 1. The molecule has 58 heavy (non-hydrogen) atoms. The highest BCUT2D eigenvalue weighted by Gasteiger charge is 2.32. The minimum atomic E-state index is -1.30. The van der Waals surface area contributed by atoms with Crippen molar-refractivity contribution in [3.05, 3.63) is 130 Å². The quantitative estimate of drug-likeness (QED) is 0.0230. The molecule has 4 aromatic carbocycles. The summed E-state index contributed by atoms with van der Waals surface area (Å²) in [6, 6.07) is 27.8. The number of fused-ring (bicyclic) bond motifs is 3. The minimum Gasteiger partial charge on any atom is -0.465 e. The fourth-order valence-electron chi connectivity index (χ4n) is 6.10. The molecule has 0 unspecified atom stereocenters. The molecule has 5 amide bonds. The molecule has 0 saturated heterocycles. The average Bonchev–Trinajstić information content (AvgIpc) is 3.53. The molecule has 0 heterocycles. The largest absolute Gasteiger partial charge is 0.513 e. The molecule has 5 rings (SSSR count). The van der Waals surface area contributed by atoms with Crippen LogP contribution in [0.1, 0.15) is 22.6 Å². The van der Waals surface area contributed by atoms with Gasteiger partial charge in [0.05, 0.1) is 24.6 Å². The van der Waals surface area contributed by atoms with E-state index in [0.29, 0.717) is 5.56 Å². The van der Waals surface area contributed by atoms with Gasteiger partial charge >= 0.3 is 12.2 Å². The Morgan fingerprint density at radius 3 is 2.00 bits per heavy atom. The number of hydrogen-bond donors (Lipinski definition) is 5. The smallest absolute Gasteiger partial charge is 0.465 e. The lowest BCUT2D eigenvalue weighted by Crippen LogP contribution is -2.52. The molecule has 5 N–H and O–H groups in total. The predicted molar refractivity (Wildman–Crippen MR) is 205 cm³/mol. The van der Waals surface area contributed by atoms with Crippen LogP contribution in [-0.2, 0) is 35.1 Å². The lowest BCUT2D eigenvalue weighted by molar-refractivity contribution is -0.384.